The summed E-state index contributed by atoms with van der Waals surface area (Å²) in [5.41, 5.74) is -0.833. The largest absolute Gasteiger partial charge is 0.497 e. The molecule has 1 N–H and O–H groups in total. The summed E-state index contributed by atoms with van der Waals surface area (Å²) in [6.07, 6.45) is 2.71. The first-order valence-electron chi connectivity index (χ1n) is 5.83. The summed E-state index contributed by atoms with van der Waals surface area (Å²) in [7, 11) is 1.58. The van der Waals surface area contributed by atoms with Crippen LogP contribution in [0.25, 0.3) is 0 Å². The molecule has 0 aromatic heterocycles. The van der Waals surface area contributed by atoms with Crippen molar-refractivity contribution in [2.45, 2.75) is 17.8 Å². The van der Waals surface area contributed by atoms with Crippen LogP contribution in [0, 0.1) is 0 Å². The summed E-state index contributed by atoms with van der Waals surface area (Å²) < 4.78 is 10.7. The van der Waals surface area contributed by atoms with Crippen molar-refractivity contribution in [2.75, 3.05) is 7.11 Å². The summed E-state index contributed by atoms with van der Waals surface area (Å²) in [6, 6.07) is 7.02. The van der Waals surface area contributed by atoms with Crippen molar-refractivity contribution < 1.29 is 14.6 Å². The Hall–Kier alpha value is -1.00. The Balaban J connectivity index is 2.10. The van der Waals surface area contributed by atoms with E-state index >= 15 is 0 Å². The molecule has 100 valence electrons. The van der Waals surface area contributed by atoms with Crippen LogP contribution < -0.4 is 4.74 Å². The Bertz CT molecular complexity index is 565. The average molecular weight is 299 g/mol. The highest BCUT2D eigenvalue weighted by molar-refractivity contribution is 6.40. The second-order valence-electron chi connectivity index (χ2n) is 4.52. The Labute approximate surface area is 121 Å². The SMILES string of the molecule is COc1ccc(C2(O)C(Cl)=C(Cl)[C@H]3C=C[C@@H]2O3)cc1. The smallest absolute Gasteiger partial charge is 0.156 e. The second-order valence-corrected chi connectivity index (χ2v) is 5.30. The molecule has 3 nitrogen and oxygen atoms in total. The van der Waals surface area contributed by atoms with Gasteiger partial charge in [-0.05, 0) is 17.7 Å². The highest BCUT2D eigenvalue weighted by atomic mass is 35.5. The Morgan fingerprint density at radius 1 is 1.21 bits per heavy atom. The van der Waals surface area contributed by atoms with Gasteiger partial charge in [0.05, 0.1) is 17.2 Å². The first kappa shape index (κ1) is 13.0. The van der Waals surface area contributed by atoms with Gasteiger partial charge in [-0.15, -0.1) is 0 Å². The van der Waals surface area contributed by atoms with Crippen LogP contribution in [0.2, 0.25) is 0 Å². The third-order valence-corrected chi connectivity index (χ3v) is 4.48. The number of methoxy groups -OCH3 is 1. The highest BCUT2D eigenvalue weighted by Gasteiger charge is 2.50. The first-order chi connectivity index (χ1) is 9.07. The molecule has 1 unspecified atom stereocenters. The minimum Gasteiger partial charge on any atom is -0.497 e. The summed E-state index contributed by atoms with van der Waals surface area (Å²) in [4.78, 5) is 0. The van der Waals surface area contributed by atoms with Crippen molar-refractivity contribution in [1.29, 1.82) is 0 Å². The van der Waals surface area contributed by atoms with Gasteiger partial charge < -0.3 is 14.6 Å². The number of benzene rings is 1. The molecule has 2 bridgehead atoms. The van der Waals surface area contributed by atoms with Gasteiger partial charge >= 0.3 is 0 Å². The monoisotopic (exact) mass is 298 g/mol. The van der Waals surface area contributed by atoms with E-state index in [0.29, 0.717) is 16.3 Å². The lowest BCUT2D eigenvalue weighted by molar-refractivity contribution is -0.0747. The molecular weight excluding hydrogens is 287 g/mol. The molecule has 1 aromatic carbocycles. The van der Waals surface area contributed by atoms with Crippen molar-refractivity contribution in [2.24, 2.45) is 0 Å². The van der Waals surface area contributed by atoms with Gasteiger partial charge in [-0.3, -0.25) is 0 Å². The molecule has 0 saturated carbocycles. The second kappa shape index (κ2) is 4.53. The van der Waals surface area contributed by atoms with Crippen LogP contribution >= 0.6 is 23.2 Å². The molecule has 0 fully saturated rings. The van der Waals surface area contributed by atoms with E-state index in [2.05, 4.69) is 0 Å². The Morgan fingerprint density at radius 2 is 1.89 bits per heavy atom. The van der Waals surface area contributed by atoms with E-state index in [1.54, 1.807) is 43.5 Å². The number of hydrogen-bond donors (Lipinski definition) is 1. The molecule has 1 aromatic rings. The van der Waals surface area contributed by atoms with Crippen molar-refractivity contribution in [1.82, 2.24) is 0 Å². The Kier molecular flexibility index (Phi) is 3.10. The minimum absolute atomic E-state index is 0.214. The fraction of sp³-hybridized carbons (Fsp3) is 0.286. The van der Waals surface area contributed by atoms with E-state index < -0.39 is 11.7 Å². The van der Waals surface area contributed by atoms with Crippen LogP contribution in [0.3, 0.4) is 0 Å². The van der Waals surface area contributed by atoms with E-state index in [1.807, 2.05) is 0 Å². The van der Waals surface area contributed by atoms with Crippen molar-refractivity contribution >= 4 is 23.2 Å². The molecule has 3 atom stereocenters. The van der Waals surface area contributed by atoms with E-state index in [1.165, 1.54) is 0 Å². The van der Waals surface area contributed by atoms with E-state index in [0.717, 1.165) is 0 Å². The van der Waals surface area contributed by atoms with E-state index in [9.17, 15) is 5.11 Å². The van der Waals surface area contributed by atoms with Gasteiger partial charge in [-0.1, -0.05) is 47.5 Å². The topological polar surface area (TPSA) is 38.7 Å². The molecule has 19 heavy (non-hydrogen) atoms. The summed E-state index contributed by atoms with van der Waals surface area (Å²) >= 11 is 12.4. The third kappa shape index (κ3) is 1.81. The molecular formula is C14H12Cl2O3. The van der Waals surface area contributed by atoms with Crippen LogP contribution in [-0.2, 0) is 10.3 Å². The standard InChI is InChI=1S/C14H12Cl2O3/c1-18-9-4-2-8(3-5-9)14(17)11-7-6-10(19-11)12(15)13(14)16/h2-7,10-11,17H,1H3/t10-,11+,14?/m1/s1. The average Bonchev–Trinajstić information content (AvgIpc) is 2.91. The van der Waals surface area contributed by atoms with E-state index in [-0.39, 0.29) is 11.1 Å². The fourth-order valence-electron chi connectivity index (χ4n) is 2.40. The molecule has 0 aliphatic carbocycles. The van der Waals surface area contributed by atoms with Gasteiger partial charge in [-0.2, -0.15) is 0 Å². The number of ether oxygens (including phenoxy) is 2. The van der Waals surface area contributed by atoms with Crippen molar-refractivity contribution in [3.05, 3.63) is 52.0 Å². The highest BCUT2D eigenvalue weighted by Crippen LogP contribution is 2.48. The summed E-state index contributed by atoms with van der Waals surface area (Å²) in [5, 5.41) is 11.5. The maximum absolute atomic E-state index is 10.9. The number of hydrogen-bond acceptors (Lipinski definition) is 3. The molecule has 3 rings (SSSR count). The third-order valence-electron chi connectivity index (χ3n) is 3.49. The van der Waals surface area contributed by atoms with E-state index in [4.69, 9.17) is 32.7 Å². The quantitative estimate of drug-likeness (QED) is 0.853. The van der Waals surface area contributed by atoms with Crippen LogP contribution in [0.4, 0.5) is 0 Å². The fourth-order valence-corrected chi connectivity index (χ4v) is 2.99. The number of fused-ring (bicyclic) bond motifs is 2. The predicted molar refractivity (Wildman–Crippen MR) is 73.4 cm³/mol. The molecule has 2 aliphatic rings. The molecule has 2 heterocycles. The van der Waals surface area contributed by atoms with Gasteiger partial charge in [0.25, 0.3) is 0 Å². The van der Waals surface area contributed by atoms with Crippen LogP contribution in [0.15, 0.2) is 46.5 Å². The van der Waals surface area contributed by atoms with Crippen LogP contribution in [0.5, 0.6) is 5.75 Å². The maximum Gasteiger partial charge on any atom is 0.156 e. The van der Waals surface area contributed by atoms with Gasteiger partial charge in [0.15, 0.2) is 5.60 Å². The zero-order valence-corrected chi connectivity index (χ0v) is 11.7. The van der Waals surface area contributed by atoms with Crippen LogP contribution in [0.1, 0.15) is 5.56 Å². The predicted octanol–water partition coefficient (Wildman–Crippen LogP) is 2.91. The normalized spacial score (nSPS) is 32.8. The van der Waals surface area contributed by atoms with Crippen LogP contribution in [-0.4, -0.2) is 24.4 Å². The van der Waals surface area contributed by atoms with Gasteiger partial charge in [0.2, 0.25) is 0 Å². The molecule has 5 heteroatoms. The van der Waals surface area contributed by atoms with Gasteiger partial charge in [-0.25, -0.2) is 0 Å². The lowest BCUT2D eigenvalue weighted by atomic mass is 9.86. The maximum atomic E-state index is 10.9. The zero-order chi connectivity index (χ0) is 13.6. The minimum atomic E-state index is -1.45. The number of halogens is 2. The lowest BCUT2D eigenvalue weighted by Crippen LogP contribution is -2.44. The lowest BCUT2D eigenvalue weighted by Gasteiger charge is -2.38. The first-order valence-corrected chi connectivity index (χ1v) is 6.59. The zero-order valence-electron chi connectivity index (χ0n) is 10.1. The molecule has 0 amide bonds. The van der Waals surface area contributed by atoms with Crippen molar-refractivity contribution in [3.63, 3.8) is 0 Å². The summed E-state index contributed by atoms with van der Waals surface area (Å²) in [6.45, 7) is 0. The number of rotatable bonds is 2. The summed E-state index contributed by atoms with van der Waals surface area (Å²) in [5.74, 6) is 0.704. The Morgan fingerprint density at radius 3 is 2.53 bits per heavy atom. The van der Waals surface area contributed by atoms with Crippen molar-refractivity contribution in [3.8, 4) is 5.75 Å². The number of aliphatic hydroxyl groups is 1. The molecule has 2 aliphatic heterocycles. The molecule has 0 saturated heterocycles. The molecule has 0 spiro atoms. The molecule has 0 radical (unpaired) electrons. The van der Waals surface area contributed by atoms with Gasteiger partial charge in [0, 0.05) is 0 Å². The van der Waals surface area contributed by atoms with Gasteiger partial charge in [0.1, 0.15) is 18.0 Å².